The Hall–Kier alpha value is -0.980. The molecule has 3 rings (SSSR count). The molecule has 1 atom stereocenters. The lowest BCUT2D eigenvalue weighted by Gasteiger charge is -2.30. The van der Waals surface area contributed by atoms with Crippen molar-refractivity contribution in [3.8, 4) is 0 Å². The minimum Gasteiger partial charge on any atom is -0.367 e. The maximum absolute atomic E-state index is 5.87. The van der Waals surface area contributed by atoms with Crippen molar-refractivity contribution in [3.63, 3.8) is 0 Å². The average molecular weight is 280 g/mol. The third-order valence-electron chi connectivity index (χ3n) is 4.20. The zero-order valence-electron chi connectivity index (χ0n) is 12.2. The molecule has 1 aromatic rings. The van der Waals surface area contributed by atoms with E-state index in [1.54, 1.807) is 0 Å². The Labute approximate surface area is 119 Å². The molecule has 0 spiro atoms. The van der Waals surface area contributed by atoms with Crippen LogP contribution in [0.25, 0.3) is 0 Å². The highest BCUT2D eigenvalue weighted by Gasteiger charge is 2.35. The van der Waals surface area contributed by atoms with Crippen LogP contribution < -0.4 is 5.32 Å². The highest BCUT2D eigenvalue weighted by atomic mass is 16.5. The molecule has 1 aromatic heterocycles. The summed E-state index contributed by atoms with van der Waals surface area (Å²) in [4.78, 5) is 6.93. The van der Waals surface area contributed by atoms with E-state index in [4.69, 9.17) is 9.26 Å². The maximum atomic E-state index is 5.87. The zero-order chi connectivity index (χ0) is 13.8. The fourth-order valence-electron chi connectivity index (χ4n) is 2.90. The van der Waals surface area contributed by atoms with Crippen molar-refractivity contribution >= 4 is 0 Å². The molecule has 6 heteroatoms. The van der Waals surface area contributed by atoms with Crippen molar-refractivity contribution < 1.29 is 9.26 Å². The molecule has 1 N–H and O–H groups in total. The van der Waals surface area contributed by atoms with Crippen LogP contribution in [-0.2, 0) is 16.9 Å². The predicted octanol–water partition coefficient (Wildman–Crippen LogP) is 1.28. The van der Waals surface area contributed by atoms with E-state index in [2.05, 4.69) is 27.3 Å². The molecule has 2 aliphatic rings. The first kappa shape index (κ1) is 14.0. The summed E-state index contributed by atoms with van der Waals surface area (Å²) in [6, 6.07) is 0. The molecule has 2 aliphatic heterocycles. The zero-order valence-corrected chi connectivity index (χ0v) is 12.2. The number of nitrogens with one attached hydrogen (secondary N) is 1. The fraction of sp³-hybridized carbons (Fsp3) is 0.857. The van der Waals surface area contributed by atoms with Crippen LogP contribution in [0.2, 0.25) is 0 Å². The van der Waals surface area contributed by atoms with Crippen LogP contribution in [0.4, 0.5) is 0 Å². The van der Waals surface area contributed by atoms with E-state index in [1.807, 2.05) is 0 Å². The van der Waals surface area contributed by atoms with Gasteiger partial charge in [-0.15, -0.1) is 0 Å². The number of rotatable bonds is 3. The summed E-state index contributed by atoms with van der Waals surface area (Å²) in [6.07, 6.45) is 4.43. The summed E-state index contributed by atoms with van der Waals surface area (Å²) in [5, 5.41) is 7.54. The van der Waals surface area contributed by atoms with Crippen LogP contribution >= 0.6 is 0 Å². The third-order valence-corrected chi connectivity index (χ3v) is 4.20. The Kier molecular flexibility index (Phi) is 4.33. The van der Waals surface area contributed by atoms with Gasteiger partial charge in [-0.3, -0.25) is 4.90 Å². The number of hydrogen-bond donors (Lipinski definition) is 1. The van der Waals surface area contributed by atoms with Crippen molar-refractivity contribution in [3.05, 3.63) is 11.7 Å². The molecule has 20 heavy (non-hydrogen) atoms. The van der Waals surface area contributed by atoms with Gasteiger partial charge >= 0.3 is 0 Å². The second-order valence-corrected chi connectivity index (χ2v) is 5.93. The van der Waals surface area contributed by atoms with Gasteiger partial charge in [0.15, 0.2) is 0 Å². The van der Waals surface area contributed by atoms with Gasteiger partial charge < -0.3 is 14.6 Å². The SMILES string of the molecule is CC1(c2noc(CN3CCCNCC3)n2)CCCCO1. The highest BCUT2D eigenvalue weighted by molar-refractivity contribution is 5.00. The molecule has 0 bridgehead atoms. The normalized spacial score (nSPS) is 29.2. The fourth-order valence-corrected chi connectivity index (χ4v) is 2.90. The van der Waals surface area contributed by atoms with E-state index in [1.165, 1.54) is 6.42 Å². The molecule has 0 radical (unpaired) electrons. The topological polar surface area (TPSA) is 63.4 Å². The molecular formula is C14H24N4O2. The standard InChI is InChI=1S/C14H24N4O2/c1-14(5-2-3-10-19-14)13-16-12(20-17-13)11-18-8-4-6-15-7-9-18/h15H,2-11H2,1H3. The first-order valence-corrected chi connectivity index (χ1v) is 7.66. The lowest BCUT2D eigenvalue weighted by atomic mass is 9.95. The largest absolute Gasteiger partial charge is 0.367 e. The summed E-state index contributed by atoms with van der Waals surface area (Å²) in [7, 11) is 0. The van der Waals surface area contributed by atoms with E-state index in [9.17, 15) is 0 Å². The smallest absolute Gasteiger partial charge is 0.240 e. The molecule has 1 unspecified atom stereocenters. The second kappa shape index (κ2) is 6.20. The van der Waals surface area contributed by atoms with Crippen LogP contribution in [0.15, 0.2) is 4.52 Å². The Bertz CT molecular complexity index is 421. The van der Waals surface area contributed by atoms with Crippen LogP contribution in [-0.4, -0.2) is 47.8 Å². The molecule has 2 fully saturated rings. The van der Waals surface area contributed by atoms with E-state index in [-0.39, 0.29) is 5.60 Å². The Morgan fingerprint density at radius 3 is 3.05 bits per heavy atom. The molecule has 0 aromatic carbocycles. The first-order valence-electron chi connectivity index (χ1n) is 7.66. The predicted molar refractivity (Wildman–Crippen MR) is 74.2 cm³/mol. The van der Waals surface area contributed by atoms with Gasteiger partial charge in [0.05, 0.1) is 6.54 Å². The molecule has 0 aliphatic carbocycles. The Balaban J connectivity index is 1.63. The van der Waals surface area contributed by atoms with E-state index < -0.39 is 0 Å². The van der Waals surface area contributed by atoms with Crippen LogP contribution in [0, 0.1) is 0 Å². The Morgan fingerprint density at radius 2 is 2.20 bits per heavy atom. The number of ether oxygens (including phenoxy) is 1. The van der Waals surface area contributed by atoms with Gasteiger partial charge in [-0.05, 0) is 45.7 Å². The van der Waals surface area contributed by atoms with Gasteiger partial charge in [-0.25, -0.2) is 0 Å². The maximum Gasteiger partial charge on any atom is 0.240 e. The van der Waals surface area contributed by atoms with Crippen molar-refractivity contribution in [1.29, 1.82) is 0 Å². The minimum atomic E-state index is -0.361. The first-order chi connectivity index (χ1) is 9.76. The van der Waals surface area contributed by atoms with Crippen LogP contribution in [0.3, 0.4) is 0 Å². The van der Waals surface area contributed by atoms with Crippen molar-refractivity contribution in [2.75, 3.05) is 32.8 Å². The number of hydrogen-bond acceptors (Lipinski definition) is 6. The van der Waals surface area contributed by atoms with E-state index in [0.29, 0.717) is 11.7 Å². The minimum absolute atomic E-state index is 0.361. The molecule has 2 saturated heterocycles. The molecule has 112 valence electrons. The van der Waals surface area contributed by atoms with E-state index >= 15 is 0 Å². The monoisotopic (exact) mass is 280 g/mol. The highest BCUT2D eigenvalue weighted by Crippen LogP contribution is 2.32. The lowest BCUT2D eigenvalue weighted by molar-refractivity contribution is -0.0770. The van der Waals surface area contributed by atoms with Gasteiger partial charge in [-0.2, -0.15) is 4.98 Å². The van der Waals surface area contributed by atoms with Crippen LogP contribution in [0.1, 0.15) is 44.3 Å². The summed E-state index contributed by atoms with van der Waals surface area (Å²) >= 11 is 0. The van der Waals surface area contributed by atoms with Crippen LogP contribution in [0.5, 0.6) is 0 Å². The van der Waals surface area contributed by atoms with Gasteiger partial charge in [0, 0.05) is 19.7 Å². The number of aromatic nitrogens is 2. The Morgan fingerprint density at radius 1 is 1.25 bits per heavy atom. The summed E-state index contributed by atoms with van der Waals surface area (Å²) < 4.78 is 11.3. The van der Waals surface area contributed by atoms with Gasteiger partial charge in [0.2, 0.25) is 11.7 Å². The molecule has 6 nitrogen and oxygen atoms in total. The quantitative estimate of drug-likeness (QED) is 0.900. The second-order valence-electron chi connectivity index (χ2n) is 5.93. The van der Waals surface area contributed by atoms with Crippen molar-refractivity contribution in [2.45, 2.75) is 44.8 Å². The van der Waals surface area contributed by atoms with Gasteiger partial charge in [0.25, 0.3) is 0 Å². The van der Waals surface area contributed by atoms with Gasteiger partial charge in [0.1, 0.15) is 5.60 Å². The average Bonchev–Trinajstić information content (AvgIpc) is 2.78. The third kappa shape index (κ3) is 3.19. The number of nitrogens with zero attached hydrogens (tertiary/aromatic N) is 3. The molecular weight excluding hydrogens is 256 g/mol. The lowest BCUT2D eigenvalue weighted by Crippen LogP contribution is -2.31. The van der Waals surface area contributed by atoms with Crippen molar-refractivity contribution in [1.82, 2.24) is 20.4 Å². The van der Waals surface area contributed by atoms with E-state index in [0.717, 1.165) is 58.6 Å². The van der Waals surface area contributed by atoms with Gasteiger partial charge in [-0.1, -0.05) is 5.16 Å². The van der Waals surface area contributed by atoms with Crippen molar-refractivity contribution in [2.24, 2.45) is 0 Å². The summed E-state index contributed by atoms with van der Waals surface area (Å²) in [5.74, 6) is 1.41. The molecule has 0 amide bonds. The molecule has 0 saturated carbocycles. The summed E-state index contributed by atoms with van der Waals surface area (Å²) in [6.45, 7) is 7.84. The summed E-state index contributed by atoms with van der Waals surface area (Å²) in [5.41, 5.74) is -0.361. The molecule has 3 heterocycles.